The van der Waals surface area contributed by atoms with E-state index in [-0.39, 0.29) is 16.8 Å². The first kappa shape index (κ1) is 18.3. The molecule has 0 aliphatic carbocycles. The summed E-state index contributed by atoms with van der Waals surface area (Å²) in [7, 11) is 0. The minimum Gasteiger partial charge on any atom is -0.384 e. The van der Waals surface area contributed by atoms with Crippen molar-refractivity contribution >= 4 is 40.7 Å². The molecular weight excluding hydrogens is 350 g/mol. The van der Waals surface area contributed by atoms with Crippen LogP contribution >= 0.6 is 23.4 Å². The third-order valence-corrected chi connectivity index (χ3v) is 3.71. The number of hydrogen-bond donors (Lipinski definition) is 0. The lowest BCUT2D eigenvalue weighted by Crippen LogP contribution is -2.35. The predicted octanol–water partition coefficient (Wildman–Crippen LogP) is 2.99. The molecule has 2 rings (SSSR count). The van der Waals surface area contributed by atoms with E-state index < -0.39 is 0 Å². The van der Waals surface area contributed by atoms with Gasteiger partial charge in [-0.25, -0.2) is 4.68 Å². The van der Waals surface area contributed by atoms with Gasteiger partial charge < -0.3 is 9.74 Å². The number of amides is 1. The Labute approximate surface area is 149 Å². The van der Waals surface area contributed by atoms with Gasteiger partial charge in [0.25, 0.3) is 5.91 Å². The van der Waals surface area contributed by atoms with Crippen LogP contribution < -0.4 is 4.90 Å². The van der Waals surface area contributed by atoms with E-state index in [1.54, 1.807) is 36.3 Å². The normalized spacial score (nSPS) is 11.4. The van der Waals surface area contributed by atoms with Gasteiger partial charge in [-0.2, -0.15) is 5.10 Å². The summed E-state index contributed by atoms with van der Waals surface area (Å²) in [4.78, 5) is 23.2. The highest BCUT2D eigenvalue weighted by Crippen LogP contribution is 2.26. The number of carbonyl (C=O) groups excluding carboxylic acids is 1. The zero-order chi connectivity index (χ0) is 17.5. The number of halogens is 1. The first-order chi connectivity index (χ1) is 11.6. The molecule has 0 saturated heterocycles. The van der Waals surface area contributed by atoms with Crippen molar-refractivity contribution in [3.05, 3.63) is 35.9 Å². The molecule has 2 aromatic heterocycles. The highest BCUT2D eigenvalue weighted by Gasteiger charge is 2.22. The Morgan fingerprint density at radius 3 is 2.96 bits per heavy atom. The summed E-state index contributed by atoms with van der Waals surface area (Å²) in [5, 5.41) is 8.30. The van der Waals surface area contributed by atoms with Crippen molar-refractivity contribution in [3.63, 3.8) is 0 Å². The van der Waals surface area contributed by atoms with Gasteiger partial charge in [-0.1, -0.05) is 16.8 Å². The number of rotatable bonds is 7. The highest BCUT2D eigenvalue weighted by atomic mass is 35.5. The number of oxime groups is 1. The Balaban J connectivity index is 2.26. The lowest BCUT2D eigenvalue weighted by Gasteiger charge is -2.18. The van der Waals surface area contributed by atoms with Gasteiger partial charge in [0.2, 0.25) is 0 Å². The van der Waals surface area contributed by atoms with E-state index in [1.807, 2.05) is 19.2 Å². The third kappa shape index (κ3) is 4.27. The summed E-state index contributed by atoms with van der Waals surface area (Å²) in [5.41, 5.74) is 1.51. The number of anilines is 1. The highest BCUT2D eigenvalue weighted by molar-refractivity contribution is 7.98. The summed E-state index contributed by atoms with van der Waals surface area (Å²) >= 11 is 7.70. The van der Waals surface area contributed by atoms with Crippen molar-refractivity contribution in [2.45, 2.75) is 13.8 Å². The maximum Gasteiger partial charge on any atom is 0.275 e. The van der Waals surface area contributed by atoms with Crippen LogP contribution in [0.15, 0.2) is 35.9 Å². The number of thioether (sulfide) groups is 1. The van der Waals surface area contributed by atoms with Gasteiger partial charge in [0, 0.05) is 12.7 Å². The quantitative estimate of drug-likeness (QED) is 0.325. The number of hydrogen-bond acceptors (Lipinski definition) is 6. The van der Waals surface area contributed by atoms with Crippen molar-refractivity contribution < 1.29 is 9.63 Å². The van der Waals surface area contributed by atoms with E-state index in [2.05, 4.69) is 15.2 Å². The van der Waals surface area contributed by atoms with Crippen LogP contribution in [-0.2, 0) is 9.63 Å². The van der Waals surface area contributed by atoms with Gasteiger partial charge in [-0.15, -0.1) is 11.8 Å². The number of carbonyl (C=O) groups is 1. The number of pyridine rings is 1. The average molecular weight is 368 g/mol. The fourth-order valence-corrected chi connectivity index (χ4v) is 2.37. The van der Waals surface area contributed by atoms with Crippen molar-refractivity contribution in [2.24, 2.45) is 5.16 Å². The summed E-state index contributed by atoms with van der Waals surface area (Å²) in [6, 6.07) is 3.65. The van der Waals surface area contributed by atoms with Gasteiger partial charge in [0.05, 0.1) is 18.1 Å². The van der Waals surface area contributed by atoms with Crippen LogP contribution in [0.4, 0.5) is 5.69 Å². The molecule has 9 heteroatoms. The van der Waals surface area contributed by atoms with Crippen LogP contribution in [0.5, 0.6) is 0 Å². The molecule has 128 valence electrons. The molecule has 0 fully saturated rings. The fraction of sp³-hybridized carbons (Fsp3) is 0.333. The maximum atomic E-state index is 12.6. The van der Waals surface area contributed by atoms with Crippen LogP contribution in [-0.4, -0.2) is 45.1 Å². The summed E-state index contributed by atoms with van der Waals surface area (Å²) in [5.74, 6) is 0.0995. The summed E-state index contributed by atoms with van der Waals surface area (Å²) in [6.45, 7) is 3.88. The number of aromatic nitrogens is 3. The van der Waals surface area contributed by atoms with Crippen LogP contribution in [0, 0.1) is 0 Å². The molecule has 0 N–H and O–H groups in total. The lowest BCUT2D eigenvalue weighted by atomic mass is 10.3. The molecule has 24 heavy (non-hydrogen) atoms. The fourth-order valence-electron chi connectivity index (χ4n) is 1.98. The standard InChI is InChI=1S/C15H18ClN5O2S/c1-4-20(15(22)11(2)19-23-10-24-3)13-9-21(18-14(13)16)12-6-5-7-17-8-12/h5-9H,4,10H2,1-3H3/b19-11+. The van der Waals surface area contributed by atoms with Crippen LogP contribution in [0.2, 0.25) is 5.15 Å². The Hall–Kier alpha value is -2.06. The molecule has 2 heterocycles. The number of nitrogens with zero attached hydrogens (tertiary/aromatic N) is 5. The molecular formula is C15H18ClN5O2S. The molecule has 0 radical (unpaired) electrons. The van der Waals surface area contributed by atoms with Crippen LogP contribution in [0.1, 0.15) is 13.8 Å². The topological polar surface area (TPSA) is 72.6 Å². The molecule has 0 atom stereocenters. The summed E-state index contributed by atoms with van der Waals surface area (Å²) in [6.07, 6.45) is 6.91. The largest absolute Gasteiger partial charge is 0.384 e. The van der Waals surface area contributed by atoms with E-state index in [9.17, 15) is 4.79 Å². The maximum absolute atomic E-state index is 12.6. The average Bonchev–Trinajstić information content (AvgIpc) is 2.98. The smallest absolute Gasteiger partial charge is 0.275 e. The van der Waals surface area contributed by atoms with E-state index in [0.29, 0.717) is 18.2 Å². The molecule has 0 unspecified atom stereocenters. The SMILES string of the molecule is CCN(C(=O)/C(C)=N/OCSC)c1cn(-c2cccnc2)nc1Cl. The van der Waals surface area contributed by atoms with Gasteiger partial charge in [-0.05, 0) is 32.2 Å². The van der Waals surface area contributed by atoms with Gasteiger partial charge in [-0.3, -0.25) is 9.78 Å². The summed E-state index contributed by atoms with van der Waals surface area (Å²) < 4.78 is 1.58. The zero-order valence-corrected chi connectivity index (χ0v) is 15.2. The molecule has 2 aromatic rings. The van der Waals surface area contributed by atoms with E-state index in [0.717, 1.165) is 5.69 Å². The van der Waals surface area contributed by atoms with Gasteiger partial charge >= 0.3 is 0 Å². The minimum absolute atomic E-state index is 0.229. The molecule has 0 aliphatic heterocycles. The van der Waals surface area contributed by atoms with Gasteiger partial charge in [0.15, 0.2) is 11.1 Å². The van der Waals surface area contributed by atoms with E-state index >= 15 is 0 Å². The molecule has 0 spiro atoms. The van der Waals surface area contributed by atoms with Crippen molar-refractivity contribution in [1.29, 1.82) is 0 Å². The monoisotopic (exact) mass is 367 g/mol. The second kappa shape index (κ2) is 8.70. The predicted molar refractivity (Wildman–Crippen MR) is 97.0 cm³/mol. The van der Waals surface area contributed by atoms with Crippen LogP contribution in [0.3, 0.4) is 0 Å². The zero-order valence-electron chi connectivity index (χ0n) is 13.6. The lowest BCUT2D eigenvalue weighted by molar-refractivity contribution is -0.112. The van der Waals surface area contributed by atoms with E-state index in [4.69, 9.17) is 16.4 Å². The molecule has 0 aliphatic rings. The first-order valence-electron chi connectivity index (χ1n) is 7.21. The third-order valence-electron chi connectivity index (χ3n) is 3.10. The minimum atomic E-state index is -0.286. The second-order valence-electron chi connectivity index (χ2n) is 4.72. The van der Waals surface area contributed by atoms with Gasteiger partial charge in [0.1, 0.15) is 11.4 Å². The van der Waals surface area contributed by atoms with E-state index in [1.165, 1.54) is 16.7 Å². The second-order valence-corrected chi connectivity index (χ2v) is 5.89. The Bertz CT molecular complexity index is 720. The Morgan fingerprint density at radius 2 is 2.33 bits per heavy atom. The van der Waals surface area contributed by atoms with Crippen molar-refractivity contribution in [1.82, 2.24) is 14.8 Å². The molecule has 0 bridgehead atoms. The first-order valence-corrected chi connectivity index (χ1v) is 8.98. The Kier molecular flexibility index (Phi) is 6.62. The van der Waals surface area contributed by atoms with Crippen LogP contribution in [0.25, 0.3) is 5.69 Å². The van der Waals surface area contributed by atoms with Crippen molar-refractivity contribution in [2.75, 3.05) is 23.6 Å². The Morgan fingerprint density at radius 1 is 1.54 bits per heavy atom. The van der Waals surface area contributed by atoms with Crippen molar-refractivity contribution in [3.8, 4) is 5.69 Å². The molecule has 0 aromatic carbocycles. The molecule has 7 nitrogen and oxygen atoms in total. The molecule has 0 saturated carbocycles. The molecule has 1 amide bonds.